The quantitative estimate of drug-likeness (QED) is 0.512. The molecule has 78 valence electrons. The molecule has 15 heavy (non-hydrogen) atoms. The molecule has 0 atom stereocenters. The van der Waals surface area contributed by atoms with Gasteiger partial charge in [0.1, 0.15) is 0 Å². The number of rotatable bonds is 0. The molecule has 9 heteroatoms. The summed E-state index contributed by atoms with van der Waals surface area (Å²) in [5, 5.41) is 13.1. The van der Waals surface area contributed by atoms with Gasteiger partial charge in [-0.05, 0) is 0 Å². The van der Waals surface area contributed by atoms with Gasteiger partial charge in [0.05, 0.1) is 0 Å². The molecule has 3 rings (SSSR count). The second kappa shape index (κ2) is 8.04. The van der Waals surface area contributed by atoms with Crippen LogP contribution in [0, 0.1) is 0 Å². The zero-order chi connectivity index (χ0) is 10.6. The van der Waals surface area contributed by atoms with Crippen LogP contribution in [0.4, 0.5) is 0 Å². The molecule has 0 unspecified atom stereocenters. The second-order valence-electron chi connectivity index (χ2n) is 1.74. The van der Waals surface area contributed by atoms with Crippen molar-refractivity contribution >= 4 is 0 Å². The first-order valence-electron chi connectivity index (χ1n) is 3.57. The van der Waals surface area contributed by atoms with Crippen LogP contribution >= 0.6 is 0 Å². The molecular weight excluding hydrogens is 204 g/mol. The molecule has 0 bridgehead atoms. The fraction of sp³-hybridized carbons (Fsp3) is 0. The van der Waals surface area contributed by atoms with E-state index in [2.05, 4.69) is 43.9 Å². The van der Waals surface area contributed by atoms with E-state index in [-0.39, 0.29) is 0 Å². The maximum Gasteiger partial charge on any atom is 0.213 e. The van der Waals surface area contributed by atoms with Crippen molar-refractivity contribution in [2.75, 3.05) is 0 Å². The molecule has 3 aromatic rings. The Morgan fingerprint density at radius 1 is 0.667 bits per heavy atom. The van der Waals surface area contributed by atoms with Crippen LogP contribution in [0.2, 0.25) is 0 Å². The summed E-state index contributed by atoms with van der Waals surface area (Å²) in [6.07, 6.45) is 7.72. The fourth-order valence-corrected chi connectivity index (χ4v) is 0.408. The Morgan fingerprint density at radius 2 is 1.20 bits per heavy atom. The molecule has 0 radical (unpaired) electrons. The number of aromatic nitrogens is 6. The normalized spacial score (nSPS) is 8.00. The lowest BCUT2D eigenvalue weighted by Gasteiger charge is -1.45. The standard InChI is InChI=1S/3C2H2N2O/c1-3-4-2-5-1;2*1-3-2-5-4-1/h3*1-2H. The molecule has 0 fully saturated rings. The molecule has 0 amide bonds. The van der Waals surface area contributed by atoms with Crippen molar-refractivity contribution in [1.82, 2.24) is 30.5 Å². The Morgan fingerprint density at radius 3 is 1.33 bits per heavy atom. The van der Waals surface area contributed by atoms with Gasteiger partial charge in [-0.1, -0.05) is 10.3 Å². The predicted molar refractivity (Wildman–Crippen MR) is 42.9 cm³/mol. The monoisotopic (exact) mass is 210 g/mol. The van der Waals surface area contributed by atoms with Gasteiger partial charge < -0.3 is 13.5 Å². The van der Waals surface area contributed by atoms with Crippen LogP contribution in [0.5, 0.6) is 0 Å². The van der Waals surface area contributed by atoms with Crippen molar-refractivity contribution in [3.8, 4) is 0 Å². The Hall–Kier alpha value is -2.58. The topological polar surface area (TPSA) is 117 Å². The molecule has 0 N–H and O–H groups in total. The van der Waals surface area contributed by atoms with Crippen LogP contribution in [-0.4, -0.2) is 30.5 Å². The highest BCUT2D eigenvalue weighted by atomic mass is 16.5. The van der Waals surface area contributed by atoms with Gasteiger partial charge >= 0.3 is 0 Å². The van der Waals surface area contributed by atoms with Gasteiger partial charge in [0, 0.05) is 0 Å². The highest BCUT2D eigenvalue weighted by Gasteiger charge is 1.61. The van der Waals surface area contributed by atoms with E-state index in [0.29, 0.717) is 0 Å². The summed E-state index contributed by atoms with van der Waals surface area (Å²) in [4.78, 5) is 6.89. The minimum Gasteiger partial charge on any atom is -0.431 e. The van der Waals surface area contributed by atoms with Gasteiger partial charge in [-0.15, -0.1) is 10.2 Å². The number of hydrogen-bond acceptors (Lipinski definition) is 9. The van der Waals surface area contributed by atoms with Gasteiger partial charge in [0.2, 0.25) is 25.6 Å². The van der Waals surface area contributed by atoms with Crippen molar-refractivity contribution in [1.29, 1.82) is 0 Å². The molecule has 0 saturated carbocycles. The Labute approximate surface area is 83.1 Å². The van der Waals surface area contributed by atoms with E-state index in [1.165, 1.54) is 38.2 Å². The Balaban J connectivity index is 0.000000112. The molecule has 0 aliphatic carbocycles. The minimum atomic E-state index is 1.26. The van der Waals surface area contributed by atoms with Crippen LogP contribution in [0.1, 0.15) is 0 Å². The third-order valence-electron chi connectivity index (χ3n) is 0.848. The number of nitrogens with zero attached hydrogens (tertiary/aromatic N) is 6. The van der Waals surface area contributed by atoms with Gasteiger partial charge in [0.15, 0.2) is 12.7 Å². The van der Waals surface area contributed by atoms with E-state index in [9.17, 15) is 0 Å². The zero-order valence-corrected chi connectivity index (χ0v) is 7.37. The van der Waals surface area contributed by atoms with Gasteiger partial charge in [-0.3, -0.25) is 0 Å². The summed E-state index contributed by atoms with van der Waals surface area (Å²) in [7, 11) is 0. The van der Waals surface area contributed by atoms with Gasteiger partial charge in [-0.2, -0.15) is 0 Å². The lowest BCUT2D eigenvalue weighted by Crippen LogP contribution is -1.53. The highest BCUT2D eigenvalue weighted by Crippen LogP contribution is 1.64. The van der Waals surface area contributed by atoms with E-state index < -0.39 is 0 Å². The van der Waals surface area contributed by atoms with Crippen LogP contribution in [0.25, 0.3) is 0 Å². The van der Waals surface area contributed by atoms with Crippen molar-refractivity contribution in [3.63, 3.8) is 0 Å². The third-order valence-corrected chi connectivity index (χ3v) is 0.848. The first-order valence-corrected chi connectivity index (χ1v) is 3.57. The van der Waals surface area contributed by atoms with E-state index >= 15 is 0 Å². The van der Waals surface area contributed by atoms with E-state index in [0.717, 1.165) is 0 Å². The smallest absolute Gasteiger partial charge is 0.213 e. The predicted octanol–water partition coefficient (Wildman–Crippen LogP) is 0.209. The van der Waals surface area contributed by atoms with E-state index in [1.54, 1.807) is 0 Å². The molecule has 3 aromatic heterocycles. The molecule has 0 aliphatic heterocycles. The summed E-state index contributed by atoms with van der Waals surface area (Å²) < 4.78 is 12.8. The van der Waals surface area contributed by atoms with Gasteiger partial charge in [0.25, 0.3) is 0 Å². The average molecular weight is 210 g/mol. The second-order valence-corrected chi connectivity index (χ2v) is 1.74. The zero-order valence-electron chi connectivity index (χ0n) is 7.37. The first-order chi connectivity index (χ1) is 7.50. The summed E-state index contributed by atoms with van der Waals surface area (Å²) in [6.45, 7) is 0. The van der Waals surface area contributed by atoms with E-state index in [4.69, 9.17) is 0 Å². The largest absolute Gasteiger partial charge is 0.431 e. The Bertz CT molecular complexity index is 255. The van der Waals surface area contributed by atoms with Crippen molar-refractivity contribution in [3.05, 3.63) is 38.2 Å². The number of hydrogen-bond donors (Lipinski definition) is 0. The fourth-order valence-electron chi connectivity index (χ4n) is 0.408. The highest BCUT2D eigenvalue weighted by molar-refractivity contribution is 4.35. The van der Waals surface area contributed by atoms with E-state index in [1.807, 2.05) is 0 Å². The molecule has 0 aromatic carbocycles. The summed E-state index contributed by atoms with van der Waals surface area (Å²) in [6, 6.07) is 0. The molecule has 0 spiro atoms. The first kappa shape index (κ1) is 10.5. The molecule has 3 heterocycles. The molecule has 9 nitrogen and oxygen atoms in total. The van der Waals surface area contributed by atoms with Crippen LogP contribution in [0.3, 0.4) is 0 Å². The van der Waals surface area contributed by atoms with Crippen molar-refractivity contribution in [2.24, 2.45) is 0 Å². The van der Waals surface area contributed by atoms with Gasteiger partial charge in [-0.25, -0.2) is 9.97 Å². The summed E-state index contributed by atoms with van der Waals surface area (Å²) in [5.41, 5.74) is 0. The van der Waals surface area contributed by atoms with Crippen molar-refractivity contribution in [2.45, 2.75) is 0 Å². The summed E-state index contributed by atoms with van der Waals surface area (Å²) >= 11 is 0. The molecule has 0 aliphatic rings. The lowest BCUT2D eigenvalue weighted by atomic mass is 11.3. The minimum absolute atomic E-state index is 1.26. The lowest BCUT2D eigenvalue weighted by molar-refractivity contribution is 0.416. The third kappa shape index (κ3) is 6.57. The Kier molecular flexibility index (Phi) is 5.63. The maximum absolute atomic E-state index is 4.36. The SMILES string of the molecule is c1ncon1.c1ncon1.c1nnco1. The molecular formula is C6H6N6O3. The molecule has 0 saturated heterocycles. The maximum atomic E-state index is 4.36. The average Bonchev–Trinajstić information content (AvgIpc) is 3.09. The van der Waals surface area contributed by atoms with Crippen LogP contribution in [-0.2, 0) is 0 Å². The van der Waals surface area contributed by atoms with Crippen LogP contribution < -0.4 is 0 Å². The summed E-state index contributed by atoms with van der Waals surface area (Å²) in [5.74, 6) is 0. The van der Waals surface area contributed by atoms with Crippen molar-refractivity contribution < 1.29 is 13.5 Å². The van der Waals surface area contributed by atoms with Crippen LogP contribution in [0.15, 0.2) is 51.7 Å².